The molecule has 1 heteroatoms. The van der Waals surface area contributed by atoms with Crippen molar-refractivity contribution in [3.05, 3.63) is 12.2 Å². The van der Waals surface area contributed by atoms with Crippen molar-refractivity contribution in [2.75, 3.05) is 0 Å². The summed E-state index contributed by atoms with van der Waals surface area (Å²) in [7, 11) is 0. The van der Waals surface area contributed by atoms with Crippen LogP contribution in [-0.4, -0.2) is 11.2 Å². The maximum atomic E-state index is 9.39. The van der Waals surface area contributed by atoms with Gasteiger partial charge >= 0.3 is 0 Å². The zero-order valence-corrected chi connectivity index (χ0v) is 6.04. The fraction of sp³-hybridized carbons (Fsp3) is 0.750. The summed E-state index contributed by atoms with van der Waals surface area (Å²) < 4.78 is 0. The van der Waals surface area contributed by atoms with Crippen LogP contribution >= 0.6 is 0 Å². The topological polar surface area (TPSA) is 20.2 Å². The summed E-state index contributed by atoms with van der Waals surface area (Å²) in [5.41, 5.74) is 0. The second kappa shape index (κ2) is 2.53. The molecule has 0 radical (unpaired) electrons. The molecule has 0 fully saturated rings. The van der Waals surface area contributed by atoms with E-state index in [-0.39, 0.29) is 6.10 Å². The van der Waals surface area contributed by atoms with E-state index in [2.05, 4.69) is 26.0 Å². The first-order valence-corrected chi connectivity index (χ1v) is 3.56. The Bertz CT molecular complexity index is 118. The van der Waals surface area contributed by atoms with Crippen molar-refractivity contribution >= 4 is 0 Å². The normalized spacial score (nSPS) is 43.2. The Morgan fingerprint density at radius 1 is 1.44 bits per heavy atom. The third-order valence-corrected chi connectivity index (χ3v) is 2.07. The van der Waals surface area contributed by atoms with E-state index >= 15 is 0 Å². The minimum Gasteiger partial charge on any atom is -0.392 e. The van der Waals surface area contributed by atoms with Gasteiger partial charge in [-0.3, -0.25) is 0 Å². The number of allylic oxidation sites excluding steroid dienone is 1. The summed E-state index contributed by atoms with van der Waals surface area (Å²) in [5.74, 6) is 0.804. The number of aliphatic hydroxyl groups is 1. The molecule has 0 heterocycles. The maximum absolute atomic E-state index is 9.39. The van der Waals surface area contributed by atoms with Gasteiger partial charge in [0.05, 0.1) is 6.10 Å². The quantitative estimate of drug-likeness (QED) is 0.488. The summed E-state index contributed by atoms with van der Waals surface area (Å²) >= 11 is 0. The Kier molecular flexibility index (Phi) is 1.91. The van der Waals surface area contributed by atoms with Crippen molar-refractivity contribution in [1.29, 1.82) is 0 Å². The fourth-order valence-corrected chi connectivity index (χ4v) is 1.28. The molecule has 0 aliphatic heterocycles. The molecule has 0 aromatic heterocycles. The second-order valence-corrected chi connectivity index (χ2v) is 2.99. The van der Waals surface area contributed by atoms with Gasteiger partial charge in [-0.1, -0.05) is 26.0 Å². The van der Waals surface area contributed by atoms with Crippen LogP contribution in [0.25, 0.3) is 0 Å². The monoisotopic (exact) mass is 126 g/mol. The Hall–Kier alpha value is -0.300. The van der Waals surface area contributed by atoms with Crippen LogP contribution in [0.2, 0.25) is 0 Å². The molecule has 0 saturated heterocycles. The van der Waals surface area contributed by atoms with Crippen molar-refractivity contribution < 1.29 is 5.11 Å². The summed E-state index contributed by atoms with van der Waals surface area (Å²) in [6.45, 7) is 4.14. The Morgan fingerprint density at radius 2 is 2.11 bits per heavy atom. The second-order valence-electron chi connectivity index (χ2n) is 2.99. The zero-order chi connectivity index (χ0) is 6.85. The van der Waals surface area contributed by atoms with E-state index in [0.717, 1.165) is 6.42 Å². The number of rotatable bonds is 0. The molecule has 1 aliphatic rings. The van der Waals surface area contributed by atoms with Crippen molar-refractivity contribution in [3.63, 3.8) is 0 Å². The van der Waals surface area contributed by atoms with Crippen molar-refractivity contribution in [1.82, 2.24) is 0 Å². The largest absolute Gasteiger partial charge is 0.392 e. The van der Waals surface area contributed by atoms with Crippen LogP contribution in [-0.2, 0) is 0 Å². The van der Waals surface area contributed by atoms with Crippen LogP contribution < -0.4 is 0 Å². The third kappa shape index (κ3) is 1.33. The molecular weight excluding hydrogens is 112 g/mol. The molecule has 1 rings (SSSR count). The van der Waals surface area contributed by atoms with Crippen LogP contribution in [0, 0.1) is 11.8 Å². The standard InChI is InChI=1S/C8H14O/c1-6-4-3-5-7(2)8(6)9/h3-4,6-9H,5H2,1-2H3. The molecule has 0 saturated carbocycles. The number of hydrogen-bond acceptors (Lipinski definition) is 1. The lowest BCUT2D eigenvalue weighted by atomic mass is 9.86. The molecule has 1 aliphatic carbocycles. The van der Waals surface area contributed by atoms with Gasteiger partial charge < -0.3 is 5.11 Å². The molecule has 1 N–H and O–H groups in total. The summed E-state index contributed by atoms with van der Waals surface area (Å²) in [6, 6.07) is 0. The predicted octanol–water partition coefficient (Wildman–Crippen LogP) is 1.58. The van der Waals surface area contributed by atoms with Gasteiger partial charge in [0.25, 0.3) is 0 Å². The van der Waals surface area contributed by atoms with E-state index in [1.165, 1.54) is 0 Å². The lowest BCUT2D eigenvalue weighted by molar-refractivity contribution is 0.0780. The molecular formula is C8H14O. The highest BCUT2D eigenvalue weighted by Crippen LogP contribution is 2.22. The van der Waals surface area contributed by atoms with Crippen LogP contribution in [0.3, 0.4) is 0 Å². The first kappa shape index (κ1) is 6.81. The van der Waals surface area contributed by atoms with Gasteiger partial charge in [-0.25, -0.2) is 0 Å². The third-order valence-electron chi connectivity index (χ3n) is 2.07. The van der Waals surface area contributed by atoms with Crippen molar-refractivity contribution in [3.8, 4) is 0 Å². The minimum absolute atomic E-state index is 0.116. The first-order valence-electron chi connectivity index (χ1n) is 3.56. The lowest BCUT2D eigenvalue weighted by Gasteiger charge is -2.25. The molecule has 52 valence electrons. The molecule has 0 amide bonds. The van der Waals surface area contributed by atoms with Gasteiger partial charge in [-0.05, 0) is 12.3 Å². The van der Waals surface area contributed by atoms with Crippen molar-refractivity contribution in [2.45, 2.75) is 26.4 Å². The highest BCUT2D eigenvalue weighted by molar-refractivity contribution is 4.97. The maximum Gasteiger partial charge on any atom is 0.0628 e. The highest BCUT2D eigenvalue weighted by Gasteiger charge is 2.20. The van der Waals surface area contributed by atoms with Crippen LogP contribution in [0.5, 0.6) is 0 Å². The first-order chi connectivity index (χ1) is 4.22. The average Bonchev–Trinajstić information content (AvgIpc) is 1.83. The summed E-state index contributed by atoms with van der Waals surface area (Å²) in [4.78, 5) is 0. The van der Waals surface area contributed by atoms with Gasteiger partial charge in [-0.2, -0.15) is 0 Å². The average molecular weight is 126 g/mol. The number of hydrogen-bond donors (Lipinski definition) is 1. The molecule has 0 bridgehead atoms. The highest BCUT2D eigenvalue weighted by atomic mass is 16.3. The van der Waals surface area contributed by atoms with E-state index in [1.807, 2.05) is 0 Å². The zero-order valence-electron chi connectivity index (χ0n) is 6.04. The number of aliphatic hydroxyl groups excluding tert-OH is 1. The molecule has 3 atom stereocenters. The van der Waals surface area contributed by atoms with E-state index in [1.54, 1.807) is 0 Å². The minimum atomic E-state index is -0.116. The SMILES string of the molecule is CC1C=CCC(C)C1O. The predicted molar refractivity (Wildman–Crippen MR) is 38.1 cm³/mol. The van der Waals surface area contributed by atoms with Gasteiger partial charge in [0, 0.05) is 5.92 Å². The summed E-state index contributed by atoms with van der Waals surface area (Å²) in [6.07, 6.45) is 5.16. The molecule has 0 aromatic carbocycles. The molecule has 0 aromatic rings. The smallest absolute Gasteiger partial charge is 0.0628 e. The Labute approximate surface area is 56.4 Å². The van der Waals surface area contributed by atoms with E-state index in [4.69, 9.17) is 0 Å². The van der Waals surface area contributed by atoms with Crippen LogP contribution in [0.1, 0.15) is 20.3 Å². The Balaban J connectivity index is 2.58. The van der Waals surface area contributed by atoms with Crippen LogP contribution in [0.15, 0.2) is 12.2 Å². The van der Waals surface area contributed by atoms with E-state index in [0.29, 0.717) is 11.8 Å². The molecule has 1 nitrogen and oxygen atoms in total. The van der Waals surface area contributed by atoms with E-state index < -0.39 is 0 Å². The Morgan fingerprint density at radius 3 is 2.56 bits per heavy atom. The van der Waals surface area contributed by atoms with E-state index in [9.17, 15) is 5.11 Å². The van der Waals surface area contributed by atoms with Crippen LogP contribution in [0.4, 0.5) is 0 Å². The fourth-order valence-electron chi connectivity index (χ4n) is 1.28. The molecule has 0 spiro atoms. The van der Waals surface area contributed by atoms with Gasteiger partial charge in [0.1, 0.15) is 0 Å². The van der Waals surface area contributed by atoms with Gasteiger partial charge in [0.15, 0.2) is 0 Å². The lowest BCUT2D eigenvalue weighted by Crippen LogP contribution is -2.26. The van der Waals surface area contributed by atoms with Gasteiger partial charge in [-0.15, -0.1) is 0 Å². The van der Waals surface area contributed by atoms with Crippen molar-refractivity contribution in [2.24, 2.45) is 11.8 Å². The van der Waals surface area contributed by atoms with Gasteiger partial charge in [0.2, 0.25) is 0 Å². The summed E-state index contributed by atoms with van der Waals surface area (Å²) in [5, 5.41) is 9.39. The molecule has 3 unspecified atom stereocenters. The molecule has 9 heavy (non-hydrogen) atoms.